The molecular weight excluding hydrogens is 336 g/mol. The first-order chi connectivity index (χ1) is 12.4. The van der Waals surface area contributed by atoms with Gasteiger partial charge in [-0.2, -0.15) is 5.26 Å². The molecule has 2 N–H and O–H groups in total. The van der Waals surface area contributed by atoms with Crippen molar-refractivity contribution in [3.63, 3.8) is 0 Å². The van der Waals surface area contributed by atoms with E-state index in [4.69, 9.17) is 5.11 Å². The Labute approximate surface area is 149 Å². The van der Waals surface area contributed by atoms with Crippen LogP contribution in [0.2, 0.25) is 0 Å². The average molecular weight is 350 g/mol. The first-order valence-electron chi connectivity index (χ1n) is 7.39. The number of carboxylic acids is 1. The van der Waals surface area contributed by atoms with Gasteiger partial charge in [-0.3, -0.25) is 4.79 Å². The highest BCUT2D eigenvalue weighted by atomic mass is 16.5. The van der Waals surface area contributed by atoms with Gasteiger partial charge in [-0.15, -0.1) is 0 Å². The number of anilines is 1. The number of carboxylic acid groups (broad SMARTS) is 1. The summed E-state index contributed by atoms with van der Waals surface area (Å²) in [5.41, 5.74) is 0.999. The maximum absolute atomic E-state index is 12.2. The number of hydrogen-bond acceptors (Lipinski definition) is 5. The second-order valence-electron chi connectivity index (χ2n) is 5.12. The van der Waals surface area contributed by atoms with E-state index in [2.05, 4.69) is 10.1 Å². The number of hydrogen-bond donors (Lipinski definition) is 2. The van der Waals surface area contributed by atoms with Crippen molar-refractivity contribution >= 4 is 29.6 Å². The molecule has 0 aromatic heterocycles. The molecule has 0 radical (unpaired) electrons. The molecule has 0 saturated carbocycles. The van der Waals surface area contributed by atoms with Gasteiger partial charge >= 0.3 is 11.9 Å². The summed E-state index contributed by atoms with van der Waals surface area (Å²) in [6.45, 7) is 0. The number of amides is 1. The average Bonchev–Trinajstić information content (AvgIpc) is 2.66. The smallest absolute Gasteiger partial charge is 0.337 e. The van der Waals surface area contributed by atoms with E-state index >= 15 is 0 Å². The lowest BCUT2D eigenvalue weighted by molar-refractivity contribution is -0.112. The number of nitrogens with one attached hydrogen (secondary N) is 1. The fourth-order valence-corrected chi connectivity index (χ4v) is 2.08. The van der Waals surface area contributed by atoms with Crippen LogP contribution in [-0.4, -0.2) is 30.1 Å². The van der Waals surface area contributed by atoms with Crippen LogP contribution in [0.15, 0.2) is 54.1 Å². The van der Waals surface area contributed by atoms with Gasteiger partial charge in [0.15, 0.2) is 0 Å². The summed E-state index contributed by atoms with van der Waals surface area (Å²) in [6, 6.07) is 13.7. The van der Waals surface area contributed by atoms with Crippen molar-refractivity contribution in [3.8, 4) is 6.07 Å². The number of nitriles is 1. The van der Waals surface area contributed by atoms with E-state index < -0.39 is 17.8 Å². The largest absolute Gasteiger partial charge is 0.478 e. The van der Waals surface area contributed by atoms with Crippen LogP contribution < -0.4 is 5.32 Å². The lowest BCUT2D eigenvalue weighted by Gasteiger charge is -2.05. The predicted molar refractivity (Wildman–Crippen MR) is 93.4 cm³/mol. The fraction of sp³-hybridized carbons (Fsp3) is 0.0526. The van der Waals surface area contributed by atoms with E-state index in [0.717, 1.165) is 0 Å². The van der Waals surface area contributed by atoms with Gasteiger partial charge in [0.1, 0.15) is 11.6 Å². The molecule has 26 heavy (non-hydrogen) atoms. The number of benzene rings is 2. The normalized spacial score (nSPS) is 10.5. The molecule has 0 fully saturated rings. The number of carbonyl (C=O) groups excluding carboxylic acids is 2. The number of nitrogens with zero attached hydrogens (tertiary/aromatic N) is 1. The Kier molecular flexibility index (Phi) is 5.85. The highest BCUT2D eigenvalue weighted by Crippen LogP contribution is 2.14. The molecule has 0 bridgehead atoms. The molecule has 7 heteroatoms. The van der Waals surface area contributed by atoms with E-state index in [0.29, 0.717) is 11.1 Å². The molecule has 0 aliphatic heterocycles. The van der Waals surface area contributed by atoms with Gasteiger partial charge < -0.3 is 15.2 Å². The number of aromatic carboxylic acids is 1. The van der Waals surface area contributed by atoms with Crippen molar-refractivity contribution in [3.05, 3.63) is 70.8 Å². The van der Waals surface area contributed by atoms with E-state index in [1.807, 2.05) is 0 Å². The van der Waals surface area contributed by atoms with Crippen molar-refractivity contribution in [1.82, 2.24) is 0 Å². The van der Waals surface area contributed by atoms with Crippen LogP contribution in [-0.2, 0) is 9.53 Å². The maximum atomic E-state index is 12.2. The molecule has 2 aromatic rings. The zero-order valence-electron chi connectivity index (χ0n) is 13.7. The van der Waals surface area contributed by atoms with Gasteiger partial charge in [-0.1, -0.05) is 18.2 Å². The number of carbonyl (C=O) groups is 3. The lowest BCUT2D eigenvalue weighted by atomic mass is 10.1. The van der Waals surface area contributed by atoms with Crippen LogP contribution >= 0.6 is 0 Å². The molecule has 2 aromatic carbocycles. The second kappa shape index (κ2) is 8.26. The zero-order valence-corrected chi connectivity index (χ0v) is 13.7. The van der Waals surface area contributed by atoms with E-state index in [1.54, 1.807) is 18.2 Å². The SMILES string of the molecule is COC(=O)c1ccc(C=C(C#N)C(=O)Nc2cccc(C(=O)O)c2)cc1. The predicted octanol–water partition coefficient (Wildman–Crippen LogP) is 2.72. The third-order valence-electron chi connectivity index (χ3n) is 3.38. The Bertz CT molecular complexity index is 924. The standard InChI is InChI=1S/C19H14N2O5/c1-26-19(25)13-7-5-12(6-8-13)9-15(11-20)17(22)21-16-4-2-3-14(10-16)18(23)24/h2-10H,1H3,(H,21,22)(H,23,24). The number of ether oxygens (including phenoxy) is 1. The topological polar surface area (TPSA) is 116 Å². The molecule has 0 atom stereocenters. The van der Waals surface area contributed by atoms with E-state index in [1.165, 1.54) is 49.6 Å². The Balaban J connectivity index is 2.19. The molecule has 0 heterocycles. The minimum atomic E-state index is -1.12. The minimum absolute atomic E-state index is 0.0173. The first kappa shape index (κ1) is 18.4. The van der Waals surface area contributed by atoms with Crippen LogP contribution in [0.4, 0.5) is 5.69 Å². The minimum Gasteiger partial charge on any atom is -0.478 e. The van der Waals surface area contributed by atoms with Gasteiger partial charge in [-0.05, 0) is 42.0 Å². The Morgan fingerprint density at radius 1 is 1.12 bits per heavy atom. The van der Waals surface area contributed by atoms with Gasteiger partial charge in [-0.25, -0.2) is 9.59 Å². The van der Waals surface area contributed by atoms with Crippen molar-refractivity contribution in [2.75, 3.05) is 12.4 Å². The van der Waals surface area contributed by atoms with E-state index in [9.17, 15) is 19.6 Å². The van der Waals surface area contributed by atoms with Crippen LogP contribution in [0, 0.1) is 11.3 Å². The van der Waals surface area contributed by atoms with Crippen LogP contribution in [0.3, 0.4) is 0 Å². The van der Waals surface area contributed by atoms with Crippen molar-refractivity contribution in [2.45, 2.75) is 0 Å². The highest BCUT2D eigenvalue weighted by Gasteiger charge is 2.11. The van der Waals surface area contributed by atoms with Gasteiger partial charge in [0.25, 0.3) is 5.91 Å². The number of esters is 1. The summed E-state index contributed by atoms with van der Waals surface area (Å²) in [5, 5.41) is 20.7. The summed E-state index contributed by atoms with van der Waals surface area (Å²) in [5.74, 6) is -2.29. The van der Waals surface area contributed by atoms with Crippen LogP contribution in [0.1, 0.15) is 26.3 Å². The molecule has 1 amide bonds. The Morgan fingerprint density at radius 2 is 1.81 bits per heavy atom. The molecule has 0 aliphatic carbocycles. The Hall–Kier alpha value is -3.92. The summed E-state index contributed by atoms with van der Waals surface area (Å²) in [7, 11) is 1.27. The first-order valence-corrected chi connectivity index (χ1v) is 7.39. The lowest BCUT2D eigenvalue weighted by Crippen LogP contribution is -2.14. The van der Waals surface area contributed by atoms with Crippen molar-refractivity contribution in [1.29, 1.82) is 5.26 Å². The zero-order chi connectivity index (χ0) is 19.1. The molecule has 7 nitrogen and oxygen atoms in total. The van der Waals surface area contributed by atoms with Crippen LogP contribution in [0.25, 0.3) is 6.08 Å². The van der Waals surface area contributed by atoms with Gasteiger partial charge in [0.2, 0.25) is 0 Å². The molecule has 0 spiro atoms. The molecular formula is C19H14N2O5. The third kappa shape index (κ3) is 4.55. The summed E-state index contributed by atoms with van der Waals surface area (Å²) in [6.07, 6.45) is 1.36. The molecule has 2 rings (SSSR count). The molecule has 130 valence electrons. The molecule has 0 unspecified atom stereocenters. The number of methoxy groups -OCH3 is 1. The van der Waals surface area contributed by atoms with Crippen LogP contribution in [0.5, 0.6) is 0 Å². The van der Waals surface area contributed by atoms with Crippen molar-refractivity contribution in [2.24, 2.45) is 0 Å². The van der Waals surface area contributed by atoms with E-state index in [-0.39, 0.29) is 16.8 Å². The van der Waals surface area contributed by atoms with Gasteiger partial charge in [0, 0.05) is 5.69 Å². The highest BCUT2D eigenvalue weighted by molar-refractivity contribution is 6.10. The monoisotopic (exact) mass is 350 g/mol. The summed E-state index contributed by atoms with van der Waals surface area (Å²) >= 11 is 0. The maximum Gasteiger partial charge on any atom is 0.337 e. The summed E-state index contributed by atoms with van der Waals surface area (Å²) < 4.78 is 4.60. The molecule has 0 saturated heterocycles. The summed E-state index contributed by atoms with van der Waals surface area (Å²) in [4.78, 5) is 34.6. The Morgan fingerprint density at radius 3 is 2.38 bits per heavy atom. The molecule has 0 aliphatic rings. The fourth-order valence-electron chi connectivity index (χ4n) is 2.08. The van der Waals surface area contributed by atoms with Crippen molar-refractivity contribution < 1.29 is 24.2 Å². The third-order valence-corrected chi connectivity index (χ3v) is 3.38. The quantitative estimate of drug-likeness (QED) is 0.486. The second-order valence-corrected chi connectivity index (χ2v) is 5.12. The number of rotatable bonds is 5. The van der Waals surface area contributed by atoms with Gasteiger partial charge in [0.05, 0.1) is 18.2 Å².